The molecule has 46 valence electrons. The average Bonchev–Trinajstić information content (AvgIpc) is 2.24. The normalized spacial score (nSPS) is 38.1. The summed E-state index contributed by atoms with van der Waals surface area (Å²) >= 11 is 0. The van der Waals surface area contributed by atoms with Crippen LogP contribution in [0.15, 0.2) is 0 Å². The Hall–Kier alpha value is -0.530. The third-order valence-electron chi connectivity index (χ3n) is 0.811. The van der Waals surface area contributed by atoms with Gasteiger partial charge in [0.05, 0.1) is 12.5 Å². The van der Waals surface area contributed by atoms with Crippen molar-refractivity contribution < 1.29 is 15.0 Å². The molecule has 1 fully saturated rings. The van der Waals surface area contributed by atoms with Gasteiger partial charge < -0.3 is 4.74 Å². The third kappa shape index (κ3) is 1.22. The lowest BCUT2D eigenvalue weighted by Crippen LogP contribution is -2.04. The Balaban J connectivity index is 2.64. The van der Waals surface area contributed by atoms with Crippen LogP contribution in [0.3, 0.4) is 0 Å². The summed E-state index contributed by atoms with van der Waals surface area (Å²) in [6.07, 6.45) is -4.11. The molecule has 0 aromatic carbocycles. The summed E-state index contributed by atoms with van der Waals surface area (Å²) in [6.45, 7) is 1.76. The summed E-state index contributed by atoms with van der Waals surface area (Å²) in [5.41, 5.74) is 0. The molecule has 1 rings (SSSR count). The molecule has 8 heavy (non-hydrogen) atoms. The maximum Gasteiger partial charge on any atom is 0.308 e. The van der Waals surface area contributed by atoms with Crippen LogP contribution in [0.2, 0.25) is 0 Å². The second-order valence-corrected chi connectivity index (χ2v) is 1.47. The van der Waals surface area contributed by atoms with Crippen LogP contribution in [0.4, 0.5) is 0 Å². The maximum atomic E-state index is 10.9. The van der Waals surface area contributed by atoms with Gasteiger partial charge in [0.25, 0.3) is 0 Å². The van der Waals surface area contributed by atoms with E-state index in [9.17, 15) is 4.79 Å². The van der Waals surface area contributed by atoms with E-state index in [4.69, 9.17) is 5.48 Å². The van der Waals surface area contributed by atoms with Gasteiger partial charge in [-0.15, -0.1) is 0 Å². The lowest BCUT2D eigenvalue weighted by molar-refractivity contribution is -0.144. The van der Waals surface area contributed by atoms with E-state index in [1.807, 2.05) is 0 Å². The Morgan fingerprint density at radius 3 is 3.00 bits per heavy atom. The van der Waals surface area contributed by atoms with Crippen LogP contribution in [0.1, 0.15) is 25.2 Å². The van der Waals surface area contributed by atoms with Gasteiger partial charge in [0.2, 0.25) is 0 Å². The van der Waals surface area contributed by atoms with Gasteiger partial charge in [-0.3, -0.25) is 4.79 Å². The van der Waals surface area contributed by atoms with Crippen molar-refractivity contribution in [2.45, 2.75) is 19.7 Å². The van der Waals surface area contributed by atoms with Crippen molar-refractivity contribution in [1.82, 2.24) is 0 Å². The minimum Gasteiger partial charge on any atom is -0.466 e. The van der Waals surface area contributed by atoms with Crippen LogP contribution < -0.4 is 0 Å². The summed E-state index contributed by atoms with van der Waals surface area (Å²) in [5.74, 6) is -2.03. The highest BCUT2D eigenvalue weighted by Gasteiger charge is 2.30. The molecule has 0 aliphatic heterocycles. The minimum absolute atomic E-state index is 0.154. The SMILES string of the molecule is [2H]C1([2H])C(C(=O)OCC)C1([2H])[2H]. The van der Waals surface area contributed by atoms with E-state index in [0.717, 1.165) is 0 Å². The van der Waals surface area contributed by atoms with Crippen LogP contribution in [0.25, 0.3) is 0 Å². The molecule has 0 amide bonds. The molecule has 0 heterocycles. The summed E-state index contributed by atoms with van der Waals surface area (Å²) in [5, 5.41) is 0. The maximum absolute atomic E-state index is 10.9. The van der Waals surface area contributed by atoms with E-state index in [0.29, 0.717) is 0 Å². The Morgan fingerprint density at radius 1 is 2.00 bits per heavy atom. The van der Waals surface area contributed by atoms with Crippen LogP contribution in [0, 0.1) is 5.92 Å². The largest absolute Gasteiger partial charge is 0.466 e. The first-order valence-electron chi connectivity index (χ1n) is 4.52. The smallest absolute Gasteiger partial charge is 0.308 e. The van der Waals surface area contributed by atoms with Gasteiger partial charge in [0, 0.05) is 5.48 Å². The standard InChI is InChI=1S/C6H10O2/c1-2-8-6(7)5-3-4-5/h5H,2-4H2,1H3/i3D2,4D2. The molecule has 2 nitrogen and oxygen atoms in total. The van der Waals surface area contributed by atoms with Crippen LogP contribution in [-0.2, 0) is 9.53 Å². The highest BCUT2D eigenvalue weighted by molar-refractivity contribution is 5.74. The average molecular weight is 118 g/mol. The first-order valence-corrected chi connectivity index (χ1v) is 2.52. The van der Waals surface area contributed by atoms with Crippen molar-refractivity contribution in [3.63, 3.8) is 0 Å². The summed E-state index contributed by atoms with van der Waals surface area (Å²) < 4.78 is 33.0. The molecule has 0 radical (unpaired) electrons. The Morgan fingerprint density at radius 2 is 2.62 bits per heavy atom. The second kappa shape index (κ2) is 2.16. The van der Waals surface area contributed by atoms with Gasteiger partial charge in [0.15, 0.2) is 0 Å². The van der Waals surface area contributed by atoms with E-state index < -0.39 is 24.6 Å². The van der Waals surface area contributed by atoms with Crippen molar-refractivity contribution in [2.24, 2.45) is 5.92 Å². The van der Waals surface area contributed by atoms with Gasteiger partial charge in [0.1, 0.15) is 0 Å². The van der Waals surface area contributed by atoms with Crippen molar-refractivity contribution in [3.8, 4) is 0 Å². The lowest BCUT2D eigenvalue weighted by Gasteiger charge is -1.95. The van der Waals surface area contributed by atoms with Crippen molar-refractivity contribution in [3.05, 3.63) is 0 Å². The fourth-order valence-electron chi connectivity index (χ4n) is 0.385. The number of hydrogen-bond donors (Lipinski definition) is 0. The molecule has 2 heteroatoms. The highest BCUT2D eigenvalue weighted by atomic mass is 16.5. The van der Waals surface area contributed by atoms with Gasteiger partial charge in [-0.2, -0.15) is 0 Å². The molecule has 1 aliphatic rings. The summed E-state index contributed by atoms with van der Waals surface area (Å²) in [4.78, 5) is 10.9. The van der Waals surface area contributed by atoms with E-state index in [2.05, 4.69) is 4.74 Å². The van der Waals surface area contributed by atoms with Crippen molar-refractivity contribution >= 4 is 5.97 Å². The number of ether oxygens (including phenoxy) is 1. The summed E-state index contributed by atoms with van der Waals surface area (Å²) in [7, 11) is 0. The van der Waals surface area contributed by atoms with Crippen LogP contribution >= 0.6 is 0 Å². The molecule has 0 spiro atoms. The first-order chi connectivity index (χ1) is 5.35. The molecule has 0 atom stereocenters. The molecule has 0 N–H and O–H groups in total. The predicted octanol–water partition coefficient (Wildman–Crippen LogP) is 0.960. The number of hydrogen-bond acceptors (Lipinski definition) is 2. The molecular weight excluding hydrogens is 104 g/mol. The van der Waals surface area contributed by atoms with Crippen LogP contribution in [-0.4, -0.2) is 12.6 Å². The van der Waals surface area contributed by atoms with Gasteiger partial charge in [-0.05, 0) is 19.7 Å². The number of esters is 1. The van der Waals surface area contributed by atoms with E-state index in [1.54, 1.807) is 6.92 Å². The van der Waals surface area contributed by atoms with Crippen molar-refractivity contribution in [1.29, 1.82) is 0 Å². The zero-order valence-corrected chi connectivity index (χ0v) is 4.60. The zero-order chi connectivity index (χ0) is 9.57. The predicted molar refractivity (Wildman–Crippen MR) is 29.4 cm³/mol. The van der Waals surface area contributed by atoms with Crippen molar-refractivity contribution in [2.75, 3.05) is 6.61 Å². The Bertz CT molecular complexity index is 200. The molecule has 1 aliphatic carbocycles. The Kier molecular flexibility index (Phi) is 0.641. The molecule has 0 bridgehead atoms. The highest BCUT2D eigenvalue weighted by Crippen LogP contribution is 2.29. The zero-order valence-electron chi connectivity index (χ0n) is 8.60. The van der Waals surface area contributed by atoms with Crippen LogP contribution in [0.5, 0.6) is 0 Å². The van der Waals surface area contributed by atoms with E-state index in [1.165, 1.54) is 0 Å². The van der Waals surface area contributed by atoms with E-state index >= 15 is 0 Å². The fourth-order valence-corrected chi connectivity index (χ4v) is 0.385. The first kappa shape index (κ1) is 2.38. The quantitative estimate of drug-likeness (QED) is 0.505. The molecular formula is C6H10O2. The number of carbonyl (C=O) groups is 1. The summed E-state index contributed by atoms with van der Waals surface area (Å²) in [6, 6.07) is 0. The lowest BCUT2D eigenvalue weighted by atomic mass is 10.4. The molecule has 1 saturated carbocycles. The molecule has 0 saturated heterocycles. The van der Waals surface area contributed by atoms with E-state index in [-0.39, 0.29) is 6.61 Å². The Labute approximate surface area is 54.5 Å². The molecule has 0 aromatic rings. The molecule has 0 unspecified atom stereocenters. The number of carbonyl (C=O) groups excluding carboxylic acids is 1. The fraction of sp³-hybridized carbons (Fsp3) is 0.833. The van der Waals surface area contributed by atoms with Gasteiger partial charge in [-0.1, -0.05) is 0 Å². The number of rotatable bonds is 2. The second-order valence-electron chi connectivity index (χ2n) is 1.47. The monoisotopic (exact) mass is 118 g/mol. The topological polar surface area (TPSA) is 26.3 Å². The third-order valence-corrected chi connectivity index (χ3v) is 0.811. The molecule has 0 aromatic heterocycles. The minimum atomic E-state index is -2.06. The van der Waals surface area contributed by atoms with Gasteiger partial charge in [-0.25, -0.2) is 0 Å². The van der Waals surface area contributed by atoms with Gasteiger partial charge >= 0.3 is 5.97 Å².